The van der Waals surface area contributed by atoms with Crippen LogP contribution < -0.4 is 0 Å². The number of hydrogen-bond acceptors (Lipinski definition) is 7. The third kappa shape index (κ3) is 14.2. The Morgan fingerprint density at radius 1 is 0.733 bits per heavy atom. The fourth-order valence-corrected chi connectivity index (χ4v) is 3.06. The Balaban J connectivity index is 3.66. The highest BCUT2D eigenvalue weighted by atomic mass is 16.5. The Morgan fingerprint density at radius 3 is 1.60 bits per heavy atom. The normalized spacial score (nSPS) is 14.1. The molecule has 0 heterocycles. The highest BCUT2D eigenvalue weighted by Crippen LogP contribution is 2.13. The molecule has 0 rings (SSSR count). The largest absolute Gasteiger partial charge is 0.506 e. The smallest absolute Gasteiger partial charge is 0.374 e. The summed E-state index contributed by atoms with van der Waals surface area (Å²) < 4.78 is 4.81. The van der Waals surface area contributed by atoms with Crippen molar-refractivity contribution in [2.75, 3.05) is 6.61 Å². The molecule has 0 aromatic carbocycles. The molecule has 8 heteroatoms. The van der Waals surface area contributed by atoms with Gasteiger partial charge in [0.05, 0.1) is 0 Å². The van der Waals surface area contributed by atoms with Crippen LogP contribution in [0.3, 0.4) is 0 Å². The molecule has 30 heavy (non-hydrogen) atoms. The Kier molecular flexibility index (Phi) is 16.9. The first kappa shape index (κ1) is 28.2. The summed E-state index contributed by atoms with van der Waals surface area (Å²) in [6.45, 7) is 1.61. The van der Waals surface area contributed by atoms with Crippen molar-refractivity contribution in [3.63, 3.8) is 0 Å². The van der Waals surface area contributed by atoms with Gasteiger partial charge in [0.15, 0.2) is 5.76 Å². The van der Waals surface area contributed by atoms with E-state index in [0.29, 0.717) is 6.42 Å². The Bertz CT molecular complexity index is 503. The lowest BCUT2D eigenvalue weighted by atomic mass is 10.0. The van der Waals surface area contributed by atoms with Crippen LogP contribution in [0.5, 0.6) is 0 Å². The Hall–Kier alpha value is -1.80. The summed E-state index contributed by atoms with van der Waals surface area (Å²) in [5.41, 5.74) is 0. The first-order valence-electron chi connectivity index (χ1n) is 11.2. The van der Waals surface area contributed by atoms with E-state index in [2.05, 4.69) is 6.92 Å². The van der Waals surface area contributed by atoms with E-state index in [4.69, 9.17) is 14.9 Å². The van der Waals surface area contributed by atoms with Crippen molar-refractivity contribution in [2.24, 2.45) is 0 Å². The second-order valence-corrected chi connectivity index (χ2v) is 7.73. The van der Waals surface area contributed by atoms with Crippen LogP contribution in [0.4, 0.5) is 0 Å². The molecular formula is C22H40O8. The number of hydrogen-bond donors (Lipinski definition) is 5. The maximum absolute atomic E-state index is 11.7. The zero-order valence-electron chi connectivity index (χ0n) is 18.2. The summed E-state index contributed by atoms with van der Waals surface area (Å²) in [4.78, 5) is 22.1. The quantitative estimate of drug-likeness (QED) is 0.0886. The summed E-state index contributed by atoms with van der Waals surface area (Å²) in [5, 5.41) is 46.0. The van der Waals surface area contributed by atoms with Gasteiger partial charge in [-0.2, -0.15) is 0 Å². The van der Waals surface area contributed by atoms with Gasteiger partial charge in [-0.15, -0.1) is 0 Å². The van der Waals surface area contributed by atoms with Gasteiger partial charge < -0.3 is 30.3 Å². The van der Waals surface area contributed by atoms with E-state index in [0.717, 1.165) is 19.3 Å². The second kappa shape index (κ2) is 18.0. The number of carbonyl (C=O) groups excluding carboxylic acids is 1. The molecule has 0 aromatic heterocycles. The van der Waals surface area contributed by atoms with E-state index in [1.54, 1.807) is 0 Å². The van der Waals surface area contributed by atoms with Gasteiger partial charge in [-0.25, -0.2) is 4.79 Å². The standard InChI is InChI=1S/C22H40O8/c1-2-3-4-5-6-7-8-9-10-11-12-13-14-15-18(24)30-16-17(23)19(25)20(26)21(27)22(28)29/h17,19,23,25-27H,2-16H2,1H3,(H,28,29)/b21-20-/t17-,19+/m0/s1. The van der Waals surface area contributed by atoms with Crippen LogP contribution in [0.25, 0.3) is 0 Å². The van der Waals surface area contributed by atoms with E-state index in [9.17, 15) is 24.9 Å². The first-order chi connectivity index (χ1) is 14.3. The summed E-state index contributed by atoms with van der Waals surface area (Å²) in [7, 11) is 0. The molecule has 0 aliphatic heterocycles. The maximum atomic E-state index is 11.7. The molecule has 0 aliphatic carbocycles. The van der Waals surface area contributed by atoms with Crippen LogP contribution in [0.1, 0.15) is 96.8 Å². The number of carboxylic acids is 1. The molecule has 0 bridgehead atoms. The Morgan fingerprint density at radius 2 is 1.17 bits per heavy atom. The van der Waals surface area contributed by atoms with Gasteiger partial charge in [0.2, 0.25) is 5.76 Å². The predicted molar refractivity (Wildman–Crippen MR) is 113 cm³/mol. The van der Waals surface area contributed by atoms with E-state index >= 15 is 0 Å². The third-order valence-electron chi connectivity index (χ3n) is 4.99. The van der Waals surface area contributed by atoms with Crippen molar-refractivity contribution in [3.8, 4) is 0 Å². The summed E-state index contributed by atoms with van der Waals surface area (Å²) in [5.74, 6) is -5.16. The number of unbranched alkanes of at least 4 members (excludes halogenated alkanes) is 12. The monoisotopic (exact) mass is 432 g/mol. The molecule has 5 N–H and O–H groups in total. The average Bonchev–Trinajstić information content (AvgIpc) is 2.73. The highest BCUT2D eigenvalue weighted by molar-refractivity contribution is 5.84. The number of aliphatic hydroxyl groups is 4. The fourth-order valence-electron chi connectivity index (χ4n) is 3.06. The SMILES string of the molecule is CCCCCCCCCCCCCCCC(=O)OC[C@H](O)[C@@H](O)/C(O)=C(/O)C(=O)O. The molecule has 0 spiro atoms. The highest BCUT2D eigenvalue weighted by Gasteiger charge is 2.27. The van der Waals surface area contributed by atoms with Crippen LogP contribution in [0.2, 0.25) is 0 Å². The molecule has 0 aliphatic rings. The van der Waals surface area contributed by atoms with Crippen molar-refractivity contribution in [1.29, 1.82) is 0 Å². The second-order valence-electron chi connectivity index (χ2n) is 7.73. The van der Waals surface area contributed by atoms with Crippen molar-refractivity contribution in [1.82, 2.24) is 0 Å². The number of esters is 1. The van der Waals surface area contributed by atoms with Crippen molar-refractivity contribution >= 4 is 11.9 Å². The fraction of sp³-hybridized carbons (Fsp3) is 0.818. The number of aliphatic hydroxyl groups excluding tert-OH is 4. The van der Waals surface area contributed by atoms with Gasteiger partial charge >= 0.3 is 11.9 Å². The summed E-state index contributed by atoms with van der Waals surface area (Å²) >= 11 is 0. The molecule has 0 radical (unpaired) electrons. The molecule has 0 unspecified atom stereocenters. The number of carboxylic acid groups (broad SMARTS) is 1. The van der Waals surface area contributed by atoms with Gasteiger partial charge in [0, 0.05) is 6.42 Å². The number of ether oxygens (including phenoxy) is 1. The molecule has 8 nitrogen and oxygen atoms in total. The van der Waals surface area contributed by atoms with Crippen molar-refractivity contribution in [3.05, 3.63) is 11.5 Å². The zero-order chi connectivity index (χ0) is 22.8. The van der Waals surface area contributed by atoms with E-state index in [1.165, 1.54) is 57.8 Å². The van der Waals surface area contributed by atoms with Crippen LogP contribution in [-0.4, -0.2) is 56.3 Å². The molecule has 0 aromatic rings. The molecule has 0 saturated heterocycles. The lowest BCUT2D eigenvalue weighted by Crippen LogP contribution is -2.34. The molecule has 2 atom stereocenters. The average molecular weight is 433 g/mol. The topological polar surface area (TPSA) is 145 Å². The third-order valence-corrected chi connectivity index (χ3v) is 4.99. The van der Waals surface area contributed by atoms with Gasteiger partial charge in [-0.1, -0.05) is 84.0 Å². The zero-order valence-corrected chi connectivity index (χ0v) is 18.2. The predicted octanol–water partition coefficient (Wildman–Crippen LogP) is 4.14. The number of carbonyl (C=O) groups is 2. The maximum Gasteiger partial charge on any atom is 0.374 e. The van der Waals surface area contributed by atoms with Crippen LogP contribution in [0, 0.1) is 0 Å². The lowest BCUT2D eigenvalue weighted by molar-refractivity contribution is -0.149. The van der Waals surface area contributed by atoms with Gasteiger partial charge in [-0.05, 0) is 6.42 Å². The van der Waals surface area contributed by atoms with E-state index < -0.39 is 42.3 Å². The molecular weight excluding hydrogens is 392 g/mol. The molecule has 176 valence electrons. The molecule has 0 fully saturated rings. The van der Waals surface area contributed by atoms with Gasteiger partial charge in [0.25, 0.3) is 0 Å². The van der Waals surface area contributed by atoms with Crippen LogP contribution in [0.15, 0.2) is 11.5 Å². The van der Waals surface area contributed by atoms with Crippen LogP contribution in [-0.2, 0) is 14.3 Å². The minimum atomic E-state index is -2.06. The summed E-state index contributed by atoms with van der Waals surface area (Å²) in [6, 6.07) is 0. The van der Waals surface area contributed by atoms with Crippen molar-refractivity contribution < 1.29 is 39.9 Å². The lowest BCUT2D eigenvalue weighted by Gasteiger charge is -2.17. The molecule has 0 amide bonds. The minimum absolute atomic E-state index is 0.183. The van der Waals surface area contributed by atoms with Gasteiger partial charge in [-0.3, -0.25) is 4.79 Å². The van der Waals surface area contributed by atoms with Crippen LogP contribution >= 0.6 is 0 Å². The van der Waals surface area contributed by atoms with Gasteiger partial charge in [0.1, 0.15) is 18.8 Å². The first-order valence-corrected chi connectivity index (χ1v) is 11.2. The summed E-state index contributed by atoms with van der Waals surface area (Å²) in [6.07, 6.45) is 11.9. The molecule has 0 saturated carbocycles. The number of aliphatic carboxylic acids is 1. The minimum Gasteiger partial charge on any atom is -0.506 e. The number of rotatable bonds is 19. The van der Waals surface area contributed by atoms with E-state index in [-0.39, 0.29) is 6.42 Å². The van der Waals surface area contributed by atoms with E-state index in [1.807, 2.05) is 0 Å². The Labute approximate surface area is 179 Å². The van der Waals surface area contributed by atoms with Crippen molar-refractivity contribution in [2.45, 2.75) is 109 Å².